The number of nitrogens with zero attached hydrogens (tertiary/aromatic N) is 1. The molecule has 0 saturated heterocycles. The van der Waals surface area contributed by atoms with Crippen LogP contribution in [0.1, 0.15) is 19.3 Å². The third-order valence-corrected chi connectivity index (χ3v) is 2.89. The van der Waals surface area contributed by atoms with Gasteiger partial charge < -0.3 is 15.8 Å². The Morgan fingerprint density at radius 1 is 1.53 bits per heavy atom. The standard InChI is InChI=1S/C15H21N3O/c16-14(12-19-15-4-2-9-18-11-15)7-10-17-8-1-3-13-5-6-13/h2,4,9,11,13-14,17H,5-8,10,12,16H2. The molecule has 3 N–H and O–H groups in total. The summed E-state index contributed by atoms with van der Waals surface area (Å²) >= 11 is 0. The number of ether oxygens (including phenoxy) is 1. The Morgan fingerprint density at radius 3 is 3.16 bits per heavy atom. The molecular formula is C15H21N3O. The van der Waals surface area contributed by atoms with E-state index in [0.717, 1.165) is 25.3 Å². The highest BCUT2D eigenvalue weighted by molar-refractivity contribution is 5.15. The minimum atomic E-state index is 0.0316. The lowest BCUT2D eigenvalue weighted by molar-refractivity contribution is 0.280. The maximum atomic E-state index is 5.97. The van der Waals surface area contributed by atoms with E-state index >= 15 is 0 Å². The van der Waals surface area contributed by atoms with Crippen molar-refractivity contribution < 1.29 is 4.74 Å². The van der Waals surface area contributed by atoms with Crippen molar-refractivity contribution in [2.45, 2.75) is 25.3 Å². The quantitative estimate of drug-likeness (QED) is 0.570. The number of hydrogen-bond donors (Lipinski definition) is 2. The average Bonchev–Trinajstić information content (AvgIpc) is 3.26. The topological polar surface area (TPSA) is 60.2 Å². The van der Waals surface area contributed by atoms with Crippen LogP contribution in [-0.2, 0) is 0 Å². The minimum absolute atomic E-state index is 0.0316. The molecule has 0 radical (unpaired) electrons. The van der Waals surface area contributed by atoms with Crippen LogP contribution in [-0.4, -0.2) is 30.7 Å². The summed E-state index contributed by atoms with van der Waals surface area (Å²) in [6.07, 6.45) is 6.86. The van der Waals surface area contributed by atoms with E-state index in [-0.39, 0.29) is 6.04 Å². The van der Waals surface area contributed by atoms with Gasteiger partial charge in [-0.3, -0.25) is 4.98 Å². The maximum Gasteiger partial charge on any atom is 0.137 e. The van der Waals surface area contributed by atoms with E-state index < -0.39 is 0 Å². The number of aromatic nitrogens is 1. The van der Waals surface area contributed by atoms with Crippen molar-refractivity contribution in [1.29, 1.82) is 0 Å². The second kappa shape index (κ2) is 7.78. The predicted molar refractivity (Wildman–Crippen MR) is 75.7 cm³/mol. The van der Waals surface area contributed by atoms with Crippen LogP contribution in [0.4, 0.5) is 0 Å². The van der Waals surface area contributed by atoms with Gasteiger partial charge in [-0.15, -0.1) is 0 Å². The van der Waals surface area contributed by atoms with Crippen LogP contribution in [0.15, 0.2) is 24.5 Å². The van der Waals surface area contributed by atoms with Crippen molar-refractivity contribution in [2.75, 3.05) is 19.7 Å². The lowest BCUT2D eigenvalue weighted by Gasteiger charge is -2.12. The van der Waals surface area contributed by atoms with Crippen molar-refractivity contribution in [3.63, 3.8) is 0 Å². The first-order valence-electron chi connectivity index (χ1n) is 6.82. The first kappa shape index (κ1) is 13.9. The molecule has 1 aliphatic carbocycles. The highest BCUT2D eigenvalue weighted by atomic mass is 16.5. The minimum Gasteiger partial charge on any atom is -0.490 e. The van der Waals surface area contributed by atoms with Gasteiger partial charge in [-0.2, -0.15) is 0 Å². The zero-order valence-corrected chi connectivity index (χ0v) is 11.1. The highest BCUT2D eigenvalue weighted by Gasteiger charge is 2.17. The zero-order chi connectivity index (χ0) is 13.3. The van der Waals surface area contributed by atoms with Crippen LogP contribution >= 0.6 is 0 Å². The number of nitrogens with one attached hydrogen (secondary N) is 1. The van der Waals surface area contributed by atoms with Gasteiger partial charge in [-0.25, -0.2) is 0 Å². The van der Waals surface area contributed by atoms with E-state index in [1.165, 1.54) is 12.8 Å². The fourth-order valence-electron chi connectivity index (χ4n) is 1.58. The SMILES string of the molecule is NC(CCNCC#CC1CC1)COc1cccnc1. The van der Waals surface area contributed by atoms with E-state index in [2.05, 4.69) is 22.1 Å². The molecule has 0 aromatic carbocycles. The van der Waals surface area contributed by atoms with E-state index in [1.54, 1.807) is 12.4 Å². The van der Waals surface area contributed by atoms with Gasteiger partial charge in [0, 0.05) is 18.2 Å². The lowest BCUT2D eigenvalue weighted by atomic mass is 10.2. The van der Waals surface area contributed by atoms with Crippen LogP contribution in [0.5, 0.6) is 5.75 Å². The number of rotatable bonds is 7. The van der Waals surface area contributed by atoms with Gasteiger partial charge >= 0.3 is 0 Å². The van der Waals surface area contributed by atoms with Crippen molar-refractivity contribution >= 4 is 0 Å². The molecule has 1 aliphatic rings. The molecule has 0 bridgehead atoms. The van der Waals surface area contributed by atoms with E-state index in [0.29, 0.717) is 12.5 Å². The second-order valence-corrected chi connectivity index (χ2v) is 4.82. The Kier molecular flexibility index (Phi) is 5.67. The molecule has 102 valence electrons. The third kappa shape index (κ3) is 6.23. The van der Waals surface area contributed by atoms with Gasteiger partial charge in [0.2, 0.25) is 0 Å². The Labute approximate surface area is 114 Å². The van der Waals surface area contributed by atoms with Crippen molar-refractivity contribution in [1.82, 2.24) is 10.3 Å². The molecule has 1 aromatic rings. The summed E-state index contributed by atoms with van der Waals surface area (Å²) in [5.41, 5.74) is 5.97. The highest BCUT2D eigenvalue weighted by Crippen LogP contribution is 2.27. The molecule has 1 fully saturated rings. The van der Waals surface area contributed by atoms with Crippen LogP contribution in [0.2, 0.25) is 0 Å². The molecule has 0 amide bonds. The molecule has 1 unspecified atom stereocenters. The summed E-state index contributed by atoms with van der Waals surface area (Å²) in [5, 5.41) is 3.28. The Balaban J connectivity index is 1.50. The van der Waals surface area contributed by atoms with Gasteiger partial charge in [0.1, 0.15) is 12.4 Å². The largest absolute Gasteiger partial charge is 0.490 e. The van der Waals surface area contributed by atoms with Crippen molar-refractivity contribution in [3.8, 4) is 17.6 Å². The Bertz CT molecular complexity index is 420. The van der Waals surface area contributed by atoms with Gasteiger partial charge in [0.05, 0.1) is 12.7 Å². The summed E-state index contributed by atoms with van der Waals surface area (Å²) in [6.45, 7) is 2.14. The predicted octanol–water partition coefficient (Wildman–Crippen LogP) is 1.18. The molecule has 1 saturated carbocycles. The molecule has 1 heterocycles. The fourth-order valence-corrected chi connectivity index (χ4v) is 1.58. The van der Waals surface area contributed by atoms with E-state index in [9.17, 15) is 0 Å². The fraction of sp³-hybridized carbons (Fsp3) is 0.533. The van der Waals surface area contributed by atoms with Crippen molar-refractivity contribution in [3.05, 3.63) is 24.5 Å². The Morgan fingerprint density at radius 2 is 2.42 bits per heavy atom. The maximum absolute atomic E-state index is 5.97. The van der Waals surface area contributed by atoms with Gasteiger partial charge in [-0.05, 0) is 37.9 Å². The lowest BCUT2D eigenvalue weighted by Crippen LogP contribution is -2.32. The summed E-state index contributed by atoms with van der Waals surface area (Å²) < 4.78 is 5.54. The van der Waals surface area contributed by atoms with Crippen LogP contribution < -0.4 is 15.8 Å². The summed E-state index contributed by atoms with van der Waals surface area (Å²) in [5.74, 6) is 7.80. The van der Waals surface area contributed by atoms with E-state index in [1.807, 2.05) is 12.1 Å². The Hall–Kier alpha value is -1.57. The molecular weight excluding hydrogens is 238 g/mol. The number of pyridine rings is 1. The monoisotopic (exact) mass is 259 g/mol. The first-order chi connectivity index (χ1) is 9.34. The van der Waals surface area contributed by atoms with E-state index in [4.69, 9.17) is 10.5 Å². The van der Waals surface area contributed by atoms with Crippen molar-refractivity contribution in [2.24, 2.45) is 11.7 Å². The molecule has 1 atom stereocenters. The van der Waals surface area contributed by atoms with Gasteiger partial charge in [0.15, 0.2) is 0 Å². The second-order valence-electron chi connectivity index (χ2n) is 4.82. The van der Waals surface area contributed by atoms with Crippen LogP contribution in [0, 0.1) is 17.8 Å². The molecule has 0 aliphatic heterocycles. The van der Waals surface area contributed by atoms with Crippen LogP contribution in [0.3, 0.4) is 0 Å². The summed E-state index contributed by atoms with van der Waals surface area (Å²) in [4.78, 5) is 3.98. The number of hydrogen-bond acceptors (Lipinski definition) is 4. The summed E-state index contributed by atoms with van der Waals surface area (Å²) in [6, 6.07) is 3.76. The summed E-state index contributed by atoms with van der Waals surface area (Å²) in [7, 11) is 0. The molecule has 19 heavy (non-hydrogen) atoms. The smallest absolute Gasteiger partial charge is 0.137 e. The molecule has 4 heteroatoms. The molecule has 4 nitrogen and oxygen atoms in total. The number of nitrogens with two attached hydrogens (primary N) is 1. The third-order valence-electron chi connectivity index (χ3n) is 2.89. The van der Waals surface area contributed by atoms with Gasteiger partial charge in [-0.1, -0.05) is 11.8 Å². The van der Waals surface area contributed by atoms with Crippen LogP contribution in [0.25, 0.3) is 0 Å². The average molecular weight is 259 g/mol. The normalized spacial score (nSPS) is 15.4. The zero-order valence-electron chi connectivity index (χ0n) is 11.1. The first-order valence-corrected chi connectivity index (χ1v) is 6.82. The molecule has 1 aromatic heterocycles. The van der Waals surface area contributed by atoms with Gasteiger partial charge in [0.25, 0.3) is 0 Å². The molecule has 2 rings (SSSR count). The molecule has 0 spiro atoms.